The van der Waals surface area contributed by atoms with E-state index in [9.17, 15) is 4.79 Å². The molecule has 0 aliphatic rings. The zero-order valence-electron chi connectivity index (χ0n) is 8.15. The summed E-state index contributed by atoms with van der Waals surface area (Å²) in [6, 6.07) is 5.01. The van der Waals surface area contributed by atoms with Crippen molar-refractivity contribution in [2.75, 3.05) is 0 Å². The molecular weight excluding hydrogens is 230 g/mol. The van der Waals surface area contributed by atoms with Crippen molar-refractivity contribution in [1.82, 2.24) is 15.3 Å². The molecule has 84 valence electrons. The van der Waals surface area contributed by atoms with Crippen LogP contribution in [0.4, 0.5) is 0 Å². The summed E-state index contributed by atoms with van der Waals surface area (Å²) >= 11 is 0. The maximum atomic E-state index is 11.5. The third-order valence-electron chi connectivity index (χ3n) is 1.93. The number of nitrogens with two attached hydrogens (primary N) is 1. The largest absolute Gasteiger partial charge is 0.370 e. The molecule has 1 aromatic heterocycles. The van der Waals surface area contributed by atoms with Crippen LogP contribution in [0.5, 0.6) is 0 Å². The van der Waals surface area contributed by atoms with E-state index in [-0.39, 0.29) is 18.4 Å². The smallest absolute Gasteiger partial charge is 0.258 e. The number of H-pyrrole nitrogens is 1. The Bertz CT molecular complexity index is 535. The van der Waals surface area contributed by atoms with E-state index in [2.05, 4.69) is 15.3 Å². The minimum absolute atomic E-state index is 0. The highest BCUT2D eigenvalue weighted by Crippen LogP contribution is 2.11. The molecule has 6 nitrogen and oxygen atoms in total. The quantitative estimate of drug-likeness (QED) is 0.432. The Morgan fingerprint density at radius 2 is 2.25 bits per heavy atom. The van der Waals surface area contributed by atoms with Crippen molar-refractivity contribution in [3.05, 3.63) is 30.1 Å². The molecule has 0 fully saturated rings. The molecule has 0 bridgehead atoms. The lowest BCUT2D eigenvalue weighted by Gasteiger charge is -2.01. The first-order valence-corrected chi connectivity index (χ1v) is 4.25. The van der Waals surface area contributed by atoms with E-state index in [1.165, 1.54) is 0 Å². The molecule has 1 heterocycles. The number of halogens is 1. The maximum Gasteiger partial charge on any atom is 0.258 e. The van der Waals surface area contributed by atoms with Gasteiger partial charge >= 0.3 is 0 Å². The number of guanidine groups is 1. The monoisotopic (exact) mass is 239 g/mol. The van der Waals surface area contributed by atoms with Crippen molar-refractivity contribution < 1.29 is 4.79 Å². The van der Waals surface area contributed by atoms with Crippen molar-refractivity contribution in [2.24, 2.45) is 5.73 Å². The van der Waals surface area contributed by atoms with Crippen LogP contribution in [-0.2, 0) is 0 Å². The summed E-state index contributed by atoms with van der Waals surface area (Å²) in [7, 11) is 0. The van der Waals surface area contributed by atoms with E-state index in [4.69, 9.17) is 11.1 Å². The third kappa shape index (κ3) is 2.29. The average Bonchev–Trinajstić information content (AvgIpc) is 2.62. The maximum absolute atomic E-state index is 11.5. The average molecular weight is 240 g/mol. The number of hydrogen-bond acceptors (Lipinski definition) is 3. The Kier molecular flexibility index (Phi) is 3.47. The summed E-state index contributed by atoms with van der Waals surface area (Å²) in [5.74, 6) is -0.783. The van der Waals surface area contributed by atoms with Crippen LogP contribution in [0.25, 0.3) is 11.0 Å². The SMILES string of the molecule is Cl.N=C(N)NC(=O)c1ccc2[nH]cnc2c1. The number of hydrogen-bond donors (Lipinski definition) is 4. The Morgan fingerprint density at radius 3 is 2.94 bits per heavy atom. The van der Waals surface area contributed by atoms with Crippen LogP contribution in [-0.4, -0.2) is 21.8 Å². The Hall–Kier alpha value is -2.08. The zero-order valence-corrected chi connectivity index (χ0v) is 8.97. The minimum atomic E-state index is -0.410. The van der Waals surface area contributed by atoms with Gasteiger partial charge in [-0.25, -0.2) is 4.98 Å². The molecular formula is C9H10ClN5O. The topological polar surface area (TPSA) is 108 Å². The predicted octanol–water partition coefficient (Wildman–Crippen LogP) is 0.608. The number of aromatic amines is 1. The molecule has 0 saturated heterocycles. The van der Waals surface area contributed by atoms with Crippen LogP contribution in [0.15, 0.2) is 24.5 Å². The third-order valence-corrected chi connectivity index (χ3v) is 1.93. The van der Waals surface area contributed by atoms with Gasteiger partial charge in [0.2, 0.25) is 0 Å². The number of nitrogens with zero attached hydrogens (tertiary/aromatic N) is 1. The van der Waals surface area contributed by atoms with Crippen LogP contribution in [0.3, 0.4) is 0 Å². The van der Waals surface area contributed by atoms with Gasteiger partial charge in [0, 0.05) is 5.56 Å². The lowest BCUT2D eigenvalue weighted by Crippen LogP contribution is -2.35. The van der Waals surface area contributed by atoms with E-state index in [1.54, 1.807) is 24.5 Å². The van der Waals surface area contributed by atoms with Gasteiger partial charge in [0.15, 0.2) is 5.96 Å². The van der Waals surface area contributed by atoms with Gasteiger partial charge in [-0.05, 0) is 18.2 Å². The summed E-state index contributed by atoms with van der Waals surface area (Å²) in [5, 5.41) is 9.13. The molecule has 7 heteroatoms. The number of nitrogens with one attached hydrogen (secondary N) is 3. The van der Waals surface area contributed by atoms with E-state index >= 15 is 0 Å². The van der Waals surface area contributed by atoms with Gasteiger partial charge in [0.1, 0.15) is 0 Å². The fourth-order valence-corrected chi connectivity index (χ4v) is 1.27. The number of carbonyl (C=O) groups excluding carboxylic acids is 1. The van der Waals surface area contributed by atoms with Gasteiger partial charge in [-0.15, -0.1) is 12.4 Å². The molecule has 0 radical (unpaired) electrons. The highest BCUT2D eigenvalue weighted by atomic mass is 35.5. The molecule has 1 amide bonds. The zero-order chi connectivity index (χ0) is 10.8. The molecule has 0 aliphatic carbocycles. The van der Waals surface area contributed by atoms with Crippen LogP contribution in [0, 0.1) is 5.41 Å². The van der Waals surface area contributed by atoms with Gasteiger partial charge in [-0.1, -0.05) is 0 Å². The minimum Gasteiger partial charge on any atom is -0.370 e. The summed E-state index contributed by atoms with van der Waals surface area (Å²) in [5.41, 5.74) is 7.03. The second-order valence-corrected chi connectivity index (χ2v) is 3.00. The van der Waals surface area contributed by atoms with E-state index in [0.717, 1.165) is 5.52 Å². The van der Waals surface area contributed by atoms with Gasteiger partial charge in [0.05, 0.1) is 17.4 Å². The first kappa shape index (κ1) is 12.0. The van der Waals surface area contributed by atoms with E-state index in [0.29, 0.717) is 11.1 Å². The number of imidazole rings is 1. The Morgan fingerprint density at radius 1 is 1.50 bits per heavy atom. The van der Waals surface area contributed by atoms with Crippen molar-refractivity contribution in [3.63, 3.8) is 0 Å². The number of carbonyl (C=O) groups is 1. The summed E-state index contributed by atoms with van der Waals surface area (Å²) in [6.07, 6.45) is 1.55. The Labute approximate surface area is 97.2 Å². The molecule has 0 saturated carbocycles. The van der Waals surface area contributed by atoms with Crippen LogP contribution in [0.2, 0.25) is 0 Å². The van der Waals surface area contributed by atoms with Gasteiger partial charge in [0.25, 0.3) is 5.91 Å². The fourth-order valence-electron chi connectivity index (χ4n) is 1.27. The van der Waals surface area contributed by atoms with Crippen molar-refractivity contribution in [2.45, 2.75) is 0 Å². The van der Waals surface area contributed by atoms with Crippen molar-refractivity contribution in [3.8, 4) is 0 Å². The normalized spacial score (nSPS) is 9.50. The van der Waals surface area contributed by atoms with Crippen LogP contribution < -0.4 is 11.1 Å². The highest BCUT2D eigenvalue weighted by molar-refractivity contribution is 6.05. The lowest BCUT2D eigenvalue weighted by molar-refractivity contribution is 0.0976. The van der Waals surface area contributed by atoms with Gasteiger partial charge in [-0.3, -0.25) is 15.5 Å². The number of aromatic nitrogens is 2. The number of benzene rings is 1. The highest BCUT2D eigenvalue weighted by Gasteiger charge is 2.07. The fraction of sp³-hybridized carbons (Fsp3) is 0. The molecule has 1 aromatic carbocycles. The molecule has 0 atom stereocenters. The molecule has 16 heavy (non-hydrogen) atoms. The predicted molar refractivity (Wildman–Crippen MR) is 62.7 cm³/mol. The molecule has 0 aliphatic heterocycles. The standard InChI is InChI=1S/C9H9N5O.ClH/c10-9(11)14-8(15)5-1-2-6-7(3-5)13-4-12-6;/h1-4H,(H,12,13)(H4,10,11,14,15);1H. The van der Waals surface area contributed by atoms with E-state index < -0.39 is 5.91 Å². The molecule has 2 aromatic rings. The second-order valence-electron chi connectivity index (χ2n) is 3.00. The number of amides is 1. The van der Waals surface area contributed by atoms with Crippen molar-refractivity contribution >= 4 is 35.3 Å². The summed E-state index contributed by atoms with van der Waals surface area (Å²) in [6.45, 7) is 0. The van der Waals surface area contributed by atoms with E-state index in [1.807, 2.05) is 0 Å². The number of fused-ring (bicyclic) bond motifs is 1. The molecule has 0 spiro atoms. The first-order valence-electron chi connectivity index (χ1n) is 4.25. The summed E-state index contributed by atoms with van der Waals surface area (Å²) < 4.78 is 0. The van der Waals surface area contributed by atoms with Crippen LogP contribution in [0.1, 0.15) is 10.4 Å². The molecule has 5 N–H and O–H groups in total. The molecule has 2 rings (SSSR count). The van der Waals surface area contributed by atoms with Crippen LogP contribution >= 0.6 is 12.4 Å². The molecule has 0 unspecified atom stereocenters. The lowest BCUT2D eigenvalue weighted by atomic mass is 10.2. The van der Waals surface area contributed by atoms with Gasteiger partial charge in [-0.2, -0.15) is 0 Å². The second kappa shape index (κ2) is 4.63. The van der Waals surface area contributed by atoms with Gasteiger partial charge < -0.3 is 10.7 Å². The first-order chi connectivity index (χ1) is 7.16. The Balaban J connectivity index is 0.00000128. The summed E-state index contributed by atoms with van der Waals surface area (Å²) in [4.78, 5) is 18.4. The number of rotatable bonds is 1. The van der Waals surface area contributed by atoms with Crippen molar-refractivity contribution in [1.29, 1.82) is 5.41 Å².